The Bertz CT molecular complexity index is 349. The Morgan fingerprint density at radius 3 is 2.56 bits per heavy atom. The van der Waals surface area contributed by atoms with E-state index in [9.17, 15) is 0 Å². The molecule has 0 saturated carbocycles. The lowest BCUT2D eigenvalue weighted by atomic mass is 10.0. The molecule has 0 bridgehead atoms. The summed E-state index contributed by atoms with van der Waals surface area (Å²) in [6, 6.07) is 7.30. The van der Waals surface area contributed by atoms with Crippen LogP contribution in [-0.2, 0) is 0 Å². The zero-order chi connectivity index (χ0) is 13.4. The summed E-state index contributed by atoms with van der Waals surface area (Å²) in [5, 5.41) is 3.44. The van der Waals surface area contributed by atoms with Crippen LogP contribution in [0.1, 0.15) is 48.9 Å². The van der Waals surface area contributed by atoms with Gasteiger partial charge in [-0.05, 0) is 49.8 Å². The lowest BCUT2D eigenvalue weighted by molar-refractivity contribution is 0.660. The van der Waals surface area contributed by atoms with Crippen LogP contribution in [0.15, 0.2) is 18.2 Å². The Balaban J connectivity index is 2.47. The molecule has 0 aliphatic heterocycles. The molecule has 0 fully saturated rings. The summed E-state index contributed by atoms with van der Waals surface area (Å²) in [5.41, 5.74) is 4.19. The van der Waals surface area contributed by atoms with E-state index < -0.39 is 0 Å². The van der Waals surface area contributed by atoms with Gasteiger partial charge in [0.05, 0.1) is 0 Å². The van der Waals surface area contributed by atoms with E-state index in [1.165, 1.54) is 47.5 Å². The Kier molecular flexibility index (Phi) is 7.45. The molecule has 2 heteroatoms. The molecule has 0 spiro atoms. The van der Waals surface area contributed by atoms with Gasteiger partial charge < -0.3 is 5.32 Å². The molecule has 0 radical (unpaired) electrons. The maximum absolute atomic E-state index is 3.44. The number of unbranched alkanes of at least 4 members (excludes halogenated alkanes) is 2. The van der Waals surface area contributed by atoms with Gasteiger partial charge in [-0.15, -0.1) is 0 Å². The summed E-state index contributed by atoms with van der Waals surface area (Å²) in [5.74, 6) is 2.46. The number of nitrogens with one attached hydrogen (secondary N) is 1. The van der Waals surface area contributed by atoms with Gasteiger partial charge in [0.15, 0.2) is 0 Å². The minimum atomic E-state index is 0.482. The number of rotatable bonds is 8. The van der Waals surface area contributed by atoms with E-state index in [-0.39, 0.29) is 0 Å². The van der Waals surface area contributed by atoms with Crippen LogP contribution in [0.3, 0.4) is 0 Å². The third-order valence-electron chi connectivity index (χ3n) is 3.46. The summed E-state index contributed by atoms with van der Waals surface area (Å²) in [6.07, 6.45) is 4.03. The van der Waals surface area contributed by atoms with Crippen LogP contribution < -0.4 is 5.32 Å². The van der Waals surface area contributed by atoms with Crippen LogP contribution in [0.25, 0.3) is 0 Å². The molecule has 1 N–H and O–H groups in total. The summed E-state index contributed by atoms with van der Waals surface area (Å²) in [4.78, 5) is 0. The zero-order valence-electron chi connectivity index (χ0n) is 12.3. The number of hydrogen-bond acceptors (Lipinski definition) is 2. The lowest BCUT2D eigenvalue weighted by Gasteiger charge is -2.17. The average molecular weight is 265 g/mol. The second kappa shape index (κ2) is 8.60. The van der Waals surface area contributed by atoms with Gasteiger partial charge in [-0.1, -0.05) is 38.0 Å². The summed E-state index contributed by atoms with van der Waals surface area (Å²) < 4.78 is 0. The third kappa shape index (κ3) is 5.03. The summed E-state index contributed by atoms with van der Waals surface area (Å²) in [6.45, 7) is 6.63. The first-order valence-corrected chi connectivity index (χ1v) is 8.16. The molecule has 0 saturated heterocycles. The molecule has 102 valence electrons. The Morgan fingerprint density at radius 2 is 1.94 bits per heavy atom. The van der Waals surface area contributed by atoms with Gasteiger partial charge in [0.25, 0.3) is 0 Å². The van der Waals surface area contributed by atoms with Crippen molar-refractivity contribution in [1.82, 2.24) is 5.32 Å². The minimum Gasteiger partial charge on any atom is -0.312 e. The highest BCUT2D eigenvalue weighted by Gasteiger charge is 2.09. The van der Waals surface area contributed by atoms with Crippen molar-refractivity contribution < 1.29 is 0 Å². The van der Waals surface area contributed by atoms with Gasteiger partial charge in [0.1, 0.15) is 0 Å². The van der Waals surface area contributed by atoms with E-state index in [1.807, 2.05) is 0 Å². The van der Waals surface area contributed by atoms with E-state index in [1.54, 1.807) is 0 Å². The van der Waals surface area contributed by atoms with Gasteiger partial charge in [-0.3, -0.25) is 0 Å². The SMILES string of the molecule is CCCCCSCC(NC)c1ccc(C)c(C)c1. The lowest BCUT2D eigenvalue weighted by Crippen LogP contribution is -2.19. The van der Waals surface area contributed by atoms with E-state index >= 15 is 0 Å². The molecule has 1 aromatic rings. The number of thioether (sulfide) groups is 1. The Morgan fingerprint density at radius 1 is 1.17 bits per heavy atom. The van der Waals surface area contributed by atoms with Gasteiger partial charge in [-0.25, -0.2) is 0 Å². The molecular formula is C16H27NS. The van der Waals surface area contributed by atoms with Crippen LogP contribution in [0, 0.1) is 13.8 Å². The molecule has 0 aliphatic rings. The molecule has 0 aliphatic carbocycles. The second-order valence-electron chi connectivity index (χ2n) is 4.97. The molecule has 1 unspecified atom stereocenters. The van der Waals surface area contributed by atoms with E-state index in [2.05, 4.69) is 63.1 Å². The molecule has 1 atom stereocenters. The summed E-state index contributed by atoms with van der Waals surface area (Å²) in [7, 11) is 2.06. The predicted molar refractivity (Wildman–Crippen MR) is 84.6 cm³/mol. The fourth-order valence-electron chi connectivity index (χ4n) is 1.98. The smallest absolute Gasteiger partial charge is 0.0409 e. The van der Waals surface area contributed by atoms with Crippen LogP contribution in [0.4, 0.5) is 0 Å². The second-order valence-corrected chi connectivity index (χ2v) is 6.12. The van der Waals surface area contributed by atoms with Crippen LogP contribution in [0.5, 0.6) is 0 Å². The Hall–Kier alpha value is -0.470. The number of aryl methyl sites for hydroxylation is 2. The quantitative estimate of drug-likeness (QED) is 0.695. The van der Waals surface area contributed by atoms with Crippen molar-refractivity contribution >= 4 is 11.8 Å². The maximum Gasteiger partial charge on any atom is 0.0409 e. The predicted octanol–water partition coefficient (Wildman–Crippen LogP) is 4.49. The highest BCUT2D eigenvalue weighted by Crippen LogP contribution is 2.21. The van der Waals surface area contributed by atoms with Gasteiger partial charge in [0.2, 0.25) is 0 Å². The van der Waals surface area contributed by atoms with Crippen molar-refractivity contribution in [2.24, 2.45) is 0 Å². The van der Waals surface area contributed by atoms with Crippen LogP contribution in [0.2, 0.25) is 0 Å². The fraction of sp³-hybridized carbons (Fsp3) is 0.625. The maximum atomic E-state index is 3.44. The highest BCUT2D eigenvalue weighted by atomic mass is 32.2. The highest BCUT2D eigenvalue weighted by molar-refractivity contribution is 7.99. The molecule has 0 heterocycles. The third-order valence-corrected chi connectivity index (χ3v) is 4.60. The van der Waals surface area contributed by atoms with Crippen molar-refractivity contribution in [3.05, 3.63) is 34.9 Å². The van der Waals surface area contributed by atoms with Crippen molar-refractivity contribution in [2.75, 3.05) is 18.6 Å². The number of hydrogen-bond donors (Lipinski definition) is 1. The average Bonchev–Trinajstić information content (AvgIpc) is 2.37. The standard InChI is InChI=1S/C16H27NS/c1-5-6-7-10-18-12-16(17-4)15-9-8-13(2)14(3)11-15/h8-9,11,16-17H,5-7,10,12H2,1-4H3. The first-order valence-electron chi connectivity index (χ1n) is 7.01. The minimum absolute atomic E-state index is 0.482. The van der Waals surface area contributed by atoms with E-state index in [4.69, 9.17) is 0 Å². The Labute approximate surface area is 117 Å². The molecule has 18 heavy (non-hydrogen) atoms. The van der Waals surface area contributed by atoms with Crippen molar-refractivity contribution in [1.29, 1.82) is 0 Å². The molecule has 0 aromatic heterocycles. The normalized spacial score (nSPS) is 12.7. The molecular weight excluding hydrogens is 238 g/mol. The van der Waals surface area contributed by atoms with Crippen molar-refractivity contribution in [3.8, 4) is 0 Å². The monoisotopic (exact) mass is 265 g/mol. The van der Waals surface area contributed by atoms with E-state index in [0.717, 1.165) is 0 Å². The number of benzene rings is 1. The van der Waals surface area contributed by atoms with Crippen molar-refractivity contribution in [3.63, 3.8) is 0 Å². The summed E-state index contributed by atoms with van der Waals surface area (Å²) >= 11 is 2.07. The zero-order valence-corrected chi connectivity index (χ0v) is 13.1. The molecule has 1 aromatic carbocycles. The largest absolute Gasteiger partial charge is 0.312 e. The van der Waals surface area contributed by atoms with Crippen molar-refractivity contribution in [2.45, 2.75) is 46.1 Å². The molecule has 0 amide bonds. The van der Waals surface area contributed by atoms with Crippen LogP contribution >= 0.6 is 11.8 Å². The first-order chi connectivity index (χ1) is 8.69. The van der Waals surface area contributed by atoms with Gasteiger partial charge in [0, 0.05) is 11.8 Å². The van der Waals surface area contributed by atoms with Gasteiger partial charge in [-0.2, -0.15) is 11.8 Å². The van der Waals surface area contributed by atoms with Crippen LogP contribution in [-0.4, -0.2) is 18.6 Å². The molecule has 1 rings (SSSR count). The van der Waals surface area contributed by atoms with E-state index in [0.29, 0.717) is 6.04 Å². The van der Waals surface area contributed by atoms with Gasteiger partial charge >= 0.3 is 0 Å². The topological polar surface area (TPSA) is 12.0 Å². The first kappa shape index (κ1) is 15.6. The molecule has 1 nitrogen and oxygen atoms in total. The fourth-order valence-corrected chi connectivity index (χ4v) is 3.15.